The molecule has 3 rings (SSSR count). The van der Waals surface area contributed by atoms with E-state index < -0.39 is 0 Å². The molecule has 4 nitrogen and oxygen atoms in total. The number of aliphatic hydroxyl groups excluding tert-OH is 1. The highest BCUT2D eigenvalue weighted by Gasteiger charge is 2.37. The average Bonchev–Trinajstić information content (AvgIpc) is 2.96. The molecule has 1 atom stereocenters. The Labute approximate surface area is 124 Å². The molecule has 0 saturated heterocycles. The molecule has 0 aliphatic carbocycles. The monoisotopic (exact) mass is 287 g/mol. The zero-order valence-corrected chi connectivity index (χ0v) is 12.7. The van der Waals surface area contributed by atoms with Crippen molar-refractivity contribution in [2.45, 2.75) is 25.3 Å². The summed E-state index contributed by atoms with van der Waals surface area (Å²) in [7, 11) is 3.31. The van der Waals surface area contributed by atoms with Crippen molar-refractivity contribution in [1.29, 1.82) is 0 Å². The number of aliphatic hydroxyl groups is 1. The number of methoxy groups -OCH3 is 2. The van der Waals surface area contributed by atoms with E-state index in [1.807, 2.05) is 6.07 Å². The summed E-state index contributed by atoms with van der Waals surface area (Å²) in [5.74, 6) is 1.48. The second-order valence-corrected chi connectivity index (χ2v) is 5.69. The van der Waals surface area contributed by atoms with E-state index in [1.165, 1.54) is 16.8 Å². The number of aromatic nitrogens is 1. The van der Waals surface area contributed by atoms with Gasteiger partial charge >= 0.3 is 0 Å². The summed E-state index contributed by atoms with van der Waals surface area (Å²) in [6, 6.07) is 8.30. The van der Waals surface area contributed by atoms with Crippen LogP contribution in [-0.2, 0) is 12.0 Å². The molecule has 1 aromatic carbocycles. The predicted octanol–water partition coefficient (Wildman–Crippen LogP) is 2.56. The third kappa shape index (κ3) is 2.02. The van der Waals surface area contributed by atoms with E-state index in [0.717, 1.165) is 18.0 Å². The normalized spacial score (nSPS) is 19.8. The van der Waals surface area contributed by atoms with Crippen LogP contribution in [-0.4, -0.2) is 30.5 Å². The molecule has 1 aliphatic heterocycles. The van der Waals surface area contributed by atoms with Crippen molar-refractivity contribution in [3.05, 3.63) is 47.3 Å². The second-order valence-electron chi connectivity index (χ2n) is 5.69. The van der Waals surface area contributed by atoms with Gasteiger partial charge in [0, 0.05) is 30.5 Å². The van der Waals surface area contributed by atoms with Gasteiger partial charge in [0.1, 0.15) is 0 Å². The largest absolute Gasteiger partial charge is 0.493 e. The Morgan fingerprint density at radius 2 is 1.95 bits per heavy atom. The quantitative estimate of drug-likeness (QED) is 0.940. The molecule has 2 aromatic rings. The topological polar surface area (TPSA) is 43.6 Å². The maximum absolute atomic E-state index is 9.53. The van der Waals surface area contributed by atoms with Gasteiger partial charge in [-0.2, -0.15) is 0 Å². The fourth-order valence-corrected chi connectivity index (χ4v) is 3.43. The third-order valence-electron chi connectivity index (χ3n) is 4.55. The van der Waals surface area contributed by atoms with Gasteiger partial charge in [-0.25, -0.2) is 0 Å². The summed E-state index contributed by atoms with van der Waals surface area (Å²) >= 11 is 0. The number of hydrogen-bond donors (Lipinski definition) is 1. The van der Waals surface area contributed by atoms with Crippen LogP contribution in [0.25, 0.3) is 0 Å². The van der Waals surface area contributed by atoms with Crippen molar-refractivity contribution >= 4 is 0 Å². The number of hydrogen-bond acceptors (Lipinski definition) is 3. The van der Waals surface area contributed by atoms with Gasteiger partial charge in [0.05, 0.1) is 14.2 Å². The van der Waals surface area contributed by atoms with Crippen LogP contribution in [0.2, 0.25) is 0 Å². The first kappa shape index (κ1) is 14.0. The molecule has 1 aliphatic rings. The standard InChI is InChI=1S/C17H21NO3/c1-17(6-8-19)13-10-15(21-3)14(20-2)9-12(13)11-18-7-4-5-16(17)18/h4-5,7,9-10,19H,6,8,11H2,1-3H3/t17-/m1/s1. The van der Waals surface area contributed by atoms with Gasteiger partial charge < -0.3 is 19.1 Å². The van der Waals surface area contributed by atoms with Crippen LogP contribution in [0.4, 0.5) is 0 Å². The lowest BCUT2D eigenvalue weighted by molar-refractivity contribution is 0.252. The van der Waals surface area contributed by atoms with Crippen LogP contribution in [0.1, 0.15) is 30.2 Å². The average molecular weight is 287 g/mol. The molecule has 21 heavy (non-hydrogen) atoms. The Hall–Kier alpha value is -1.94. The Balaban J connectivity index is 2.22. The molecule has 2 heterocycles. The Morgan fingerprint density at radius 3 is 2.62 bits per heavy atom. The van der Waals surface area contributed by atoms with E-state index >= 15 is 0 Å². The maximum atomic E-state index is 9.53. The highest BCUT2D eigenvalue weighted by molar-refractivity contribution is 5.54. The Bertz CT molecular complexity index is 662. The first-order chi connectivity index (χ1) is 10.1. The Morgan fingerprint density at radius 1 is 1.24 bits per heavy atom. The fourth-order valence-electron chi connectivity index (χ4n) is 3.43. The van der Waals surface area contributed by atoms with Gasteiger partial charge in [-0.05, 0) is 48.7 Å². The SMILES string of the molecule is COc1cc2c(cc1OC)[C@@](C)(CCO)c1cccn1C2. The van der Waals surface area contributed by atoms with Gasteiger partial charge in [-0.3, -0.25) is 0 Å². The van der Waals surface area contributed by atoms with Crippen LogP contribution >= 0.6 is 0 Å². The number of benzene rings is 1. The van der Waals surface area contributed by atoms with Gasteiger partial charge in [0.25, 0.3) is 0 Å². The Kier molecular flexibility index (Phi) is 3.41. The first-order valence-electron chi connectivity index (χ1n) is 7.16. The number of rotatable bonds is 4. The van der Waals surface area contributed by atoms with Crippen LogP contribution in [0.15, 0.2) is 30.5 Å². The molecule has 0 radical (unpaired) electrons. The lowest BCUT2D eigenvalue weighted by Gasteiger charge is -2.37. The highest BCUT2D eigenvalue weighted by Crippen LogP contribution is 2.45. The summed E-state index contributed by atoms with van der Waals surface area (Å²) in [6.45, 7) is 3.15. The second kappa shape index (κ2) is 5.11. The van der Waals surface area contributed by atoms with Crippen molar-refractivity contribution in [3.63, 3.8) is 0 Å². The molecule has 1 aromatic heterocycles. The smallest absolute Gasteiger partial charge is 0.161 e. The maximum Gasteiger partial charge on any atom is 0.161 e. The summed E-state index contributed by atoms with van der Waals surface area (Å²) in [6.07, 6.45) is 2.77. The molecule has 0 fully saturated rings. The summed E-state index contributed by atoms with van der Waals surface area (Å²) < 4.78 is 13.1. The summed E-state index contributed by atoms with van der Waals surface area (Å²) in [4.78, 5) is 0. The van der Waals surface area contributed by atoms with Crippen LogP contribution in [0.3, 0.4) is 0 Å². The molecule has 1 N–H and O–H groups in total. The van der Waals surface area contributed by atoms with Gasteiger partial charge in [-0.1, -0.05) is 0 Å². The molecule has 0 amide bonds. The minimum atomic E-state index is -0.217. The zero-order chi connectivity index (χ0) is 15.0. The van der Waals surface area contributed by atoms with Crippen LogP contribution < -0.4 is 9.47 Å². The fraction of sp³-hybridized carbons (Fsp3) is 0.412. The lowest BCUT2D eigenvalue weighted by Crippen LogP contribution is -2.33. The number of nitrogens with zero attached hydrogens (tertiary/aromatic N) is 1. The minimum absolute atomic E-state index is 0.148. The van der Waals surface area contributed by atoms with Crippen molar-refractivity contribution in [1.82, 2.24) is 4.57 Å². The van der Waals surface area contributed by atoms with Crippen LogP contribution in [0.5, 0.6) is 11.5 Å². The third-order valence-corrected chi connectivity index (χ3v) is 4.55. The van der Waals surface area contributed by atoms with Crippen molar-refractivity contribution < 1.29 is 14.6 Å². The number of ether oxygens (including phenoxy) is 2. The van der Waals surface area contributed by atoms with Gasteiger partial charge in [0.15, 0.2) is 11.5 Å². The van der Waals surface area contributed by atoms with Crippen LogP contribution in [0, 0.1) is 0 Å². The first-order valence-corrected chi connectivity index (χ1v) is 7.16. The van der Waals surface area contributed by atoms with E-state index in [0.29, 0.717) is 6.42 Å². The van der Waals surface area contributed by atoms with E-state index in [-0.39, 0.29) is 12.0 Å². The predicted molar refractivity (Wildman–Crippen MR) is 81.2 cm³/mol. The molecule has 4 heteroatoms. The molecule has 0 unspecified atom stereocenters. The highest BCUT2D eigenvalue weighted by atomic mass is 16.5. The van der Waals surface area contributed by atoms with Gasteiger partial charge in [-0.15, -0.1) is 0 Å². The molecule has 0 bridgehead atoms. The molecular weight excluding hydrogens is 266 g/mol. The van der Waals surface area contributed by atoms with E-state index in [9.17, 15) is 5.11 Å². The minimum Gasteiger partial charge on any atom is -0.493 e. The van der Waals surface area contributed by atoms with Crippen molar-refractivity contribution in [3.8, 4) is 11.5 Å². The summed E-state index contributed by atoms with van der Waals surface area (Å²) in [5.41, 5.74) is 3.44. The molecule has 0 spiro atoms. The summed E-state index contributed by atoms with van der Waals surface area (Å²) in [5, 5.41) is 9.53. The molecule has 112 valence electrons. The van der Waals surface area contributed by atoms with E-state index in [2.05, 4.69) is 35.9 Å². The zero-order valence-electron chi connectivity index (χ0n) is 12.7. The van der Waals surface area contributed by atoms with Crippen molar-refractivity contribution in [2.24, 2.45) is 0 Å². The number of fused-ring (bicyclic) bond motifs is 2. The lowest BCUT2D eigenvalue weighted by atomic mass is 9.72. The van der Waals surface area contributed by atoms with Gasteiger partial charge in [0.2, 0.25) is 0 Å². The van der Waals surface area contributed by atoms with Crippen molar-refractivity contribution in [2.75, 3.05) is 20.8 Å². The molecular formula is C17H21NO3. The van der Waals surface area contributed by atoms with E-state index in [4.69, 9.17) is 9.47 Å². The molecule has 0 saturated carbocycles. The van der Waals surface area contributed by atoms with E-state index in [1.54, 1.807) is 14.2 Å².